The van der Waals surface area contributed by atoms with Crippen molar-refractivity contribution >= 4 is 34.5 Å². The van der Waals surface area contributed by atoms with Crippen LogP contribution in [0.1, 0.15) is 11.1 Å². The minimum Gasteiger partial charge on any atom is -0.175 e. The molecule has 0 heterocycles. The molecule has 2 rings (SSSR count). The molecule has 0 aliphatic carbocycles. The van der Waals surface area contributed by atoms with Crippen molar-refractivity contribution in [3.8, 4) is 0 Å². The first-order chi connectivity index (χ1) is 10.2. The van der Waals surface area contributed by atoms with E-state index in [0.29, 0.717) is 11.5 Å². The molecule has 0 bridgehead atoms. The van der Waals surface area contributed by atoms with Crippen LogP contribution in [0.4, 0.5) is 0 Å². The monoisotopic (exact) mass is 342 g/mol. The summed E-state index contributed by atoms with van der Waals surface area (Å²) in [6, 6.07) is 18.9. The lowest BCUT2D eigenvalue weighted by atomic mass is 10.2. The van der Waals surface area contributed by atoms with Crippen molar-refractivity contribution in [3.63, 3.8) is 0 Å². The Bertz CT molecular complexity index is 578. The third-order valence-electron chi connectivity index (χ3n) is 2.40. The van der Waals surface area contributed by atoms with Crippen molar-refractivity contribution in [2.24, 2.45) is 0 Å². The van der Waals surface area contributed by atoms with E-state index in [1.807, 2.05) is 60.7 Å². The van der Waals surface area contributed by atoms with Gasteiger partial charge in [-0.15, -0.1) is 0 Å². The van der Waals surface area contributed by atoms with Gasteiger partial charge in [0.1, 0.15) is 0 Å². The first kappa shape index (κ1) is 16.4. The highest BCUT2D eigenvalue weighted by Crippen LogP contribution is 2.21. The molecule has 0 fully saturated rings. The summed E-state index contributed by atoms with van der Waals surface area (Å²) in [5, 5.41) is 0. The lowest BCUT2D eigenvalue weighted by molar-refractivity contribution is 0.437. The standard InChI is InChI=1S/C14H14O4S3/c15-21(16,17-19-11-13-7-3-1-4-8-13)18-20-12-14-9-5-2-6-10-14/h1-10H,11-12H2. The molecule has 0 aromatic heterocycles. The molecule has 0 atom stereocenters. The van der Waals surface area contributed by atoms with Crippen molar-refractivity contribution in [1.82, 2.24) is 0 Å². The molecule has 0 aliphatic heterocycles. The fourth-order valence-corrected chi connectivity index (χ4v) is 3.74. The molecule has 2 aromatic rings. The summed E-state index contributed by atoms with van der Waals surface area (Å²) >= 11 is 1.67. The highest BCUT2D eigenvalue weighted by molar-refractivity contribution is 8.07. The van der Waals surface area contributed by atoms with Crippen LogP contribution in [-0.2, 0) is 29.2 Å². The third kappa shape index (κ3) is 6.54. The Kier molecular flexibility index (Phi) is 6.59. The number of hydrogen-bond acceptors (Lipinski definition) is 6. The van der Waals surface area contributed by atoms with E-state index in [1.165, 1.54) is 0 Å². The smallest absolute Gasteiger partial charge is 0.175 e. The maximum Gasteiger partial charge on any atom is 0.421 e. The van der Waals surface area contributed by atoms with E-state index in [4.69, 9.17) is 7.26 Å². The normalized spacial score (nSPS) is 11.4. The summed E-state index contributed by atoms with van der Waals surface area (Å²) in [6.45, 7) is 0. The van der Waals surface area contributed by atoms with Crippen LogP contribution in [-0.4, -0.2) is 8.42 Å². The molecule has 0 radical (unpaired) electrons. The molecule has 0 N–H and O–H groups in total. The van der Waals surface area contributed by atoms with Crippen LogP contribution in [0.15, 0.2) is 60.7 Å². The van der Waals surface area contributed by atoms with Crippen LogP contribution in [0, 0.1) is 0 Å². The minimum atomic E-state index is -4.00. The van der Waals surface area contributed by atoms with Gasteiger partial charge in [-0.2, -0.15) is 15.7 Å². The van der Waals surface area contributed by atoms with Gasteiger partial charge in [0.2, 0.25) is 0 Å². The third-order valence-corrected chi connectivity index (χ3v) is 5.41. The zero-order valence-electron chi connectivity index (χ0n) is 11.0. The van der Waals surface area contributed by atoms with Crippen LogP contribution >= 0.6 is 24.1 Å². The van der Waals surface area contributed by atoms with E-state index in [2.05, 4.69) is 0 Å². The predicted molar refractivity (Wildman–Crippen MR) is 86.6 cm³/mol. The molecular weight excluding hydrogens is 328 g/mol. The van der Waals surface area contributed by atoms with Gasteiger partial charge in [0.05, 0.1) is 0 Å². The Morgan fingerprint density at radius 2 is 1.10 bits per heavy atom. The second kappa shape index (κ2) is 8.45. The van der Waals surface area contributed by atoms with E-state index in [9.17, 15) is 8.42 Å². The molecule has 0 unspecified atom stereocenters. The summed E-state index contributed by atoms with van der Waals surface area (Å²) < 4.78 is 32.5. The molecule has 0 aliphatic rings. The van der Waals surface area contributed by atoms with Gasteiger partial charge >= 0.3 is 10.4 Å². The van der Waals surface area contributed by atoms with Crippen LogP contribution in [0.25, 0.3) is 0 Å². The summed E-state index contributed by atoms with van der Waals surface area (Å²) in [6.07, 6.45) is 0. The number of rotatable bonds is 8. The SMILES string of the molecule is O=S(=O)(OSCc1ccccc1)OSCc1ccccc1. The van der Waals surface area contributed by atoms with Crippen LogP contribution in [0.3, 0.4) is 0 Å². The lowest BCUT2D eigenvalue weighted by Crippen LogP contribution is -2.01. The molecule has 2 aromatic carbocycles. The first-order valence-electron chi connectivity index (χ1n) is 6.11. The van der Waals surface area contributed by atoms with E-state index in [-0.39, 0.29) is 0 Å². The van der Waals surface area contributed by atoms with Crippen molar-refractivity contribution in [2.45, 2.75) is 11.5 Å². The maximum absolute atomic E-state index is 11.5. The molecule has 0 saturated heterocycles. The largest absolute Gasteiger partial charge is 0.421 e. The predicted octanol–water partition coefficient (Wildman–Crippen LogP) is 3.96. The van der Waals surface area contributed by atoms with Crippen molar-refractivity contribution in [3.05, 3.63) is 71.8 Å². The van der Waals surface area contributed by atoms with Gasteiger partial charge in [-0.25, -0.2) is 0 Å². The van der Waals surface area contributed by atoms with Crippen molar-refractivity contribution < 1.29 is 15.7 Å². The molecular formula is C14H14O4S3. The van der Waals surface area contributed by atoms with Gasteiger partial charge in [-0.3, -0.25) is 0 Å². The maximum atomic E-state index is 11.5. The van der Waals surface area contributed by atoms with Gasteiger partial charge in [0.25, 0.3) is 0 Å². The summed E-state index contributed by atoms with van der Waals surface area (Å²) in [5.74, 6) is 0.875. The van der Waals surface area contributed by atoms with Crippen molar-refractivity contribution in [1.29, 1.82) is 0 Å². The van der Waals surface area contributed by atoms with Gasteiger partial charge in [-0.05, 0) is 11.1 Å². The van der Waals surface area contributed by atoms with Gasteiger partial charge in [0.15, 0.2) is 0 Å². The highest BCUT2D eigenvalue weighted by Gasteiger charge is 2.14. The number of benzene rings is 2. The molecule has 21 heavy (non-hydrogen) atoms. The molecule has 7 heteroatoms. The lowest BCUT2D eigenvalue weighted by Gasteiger charge is -2.04. The van der Waals surface area contributed by atoms with Crippen LogP contribution in [0.2, 0.25) is 0 Å². The first-order valence-corrected chi connectivity index (χ1v) is 9.26. The quantitative estimate of drug-likeness (QED) is 0.677. The van der Waals surface area contributed by atoms with Crippen molar-refractivity contribution in [2.75, 3.05) is 0 Å². The minimum absolute atomic E-state index is 0.437. The number of hydrogen-bond donors (Lipinski definition) is 0. The summed E-state index contributed by atoms with van der Waals surface area (Å²) in [7, 11) is -4.00. The average molecular weight is 342 g/mol. The van der Waals surface area contributed by atoms with Crippen LogP contribution < -0.4 is 0 Å². The van der Waals surface area contributed by atoms with Gasteiger partial charge < -0.3 is 0 Å². The average Bonchev–Trinajstić information content (AvgIpc) is 2.49. The zero-order valence-corrected chi connectivity index (χ0v) is 13.5. The van der Waals surface area contributed by atoms with E-state index in [0.717, 1.165) is 35.2 Å². The second-order valence-corrected chi connectivity index (χ2v) is 6.99. The van der Waals surface area contributed by atoms with Gasteiger partial charge in [-0.1, -0.05) is 60.7 Å². The Balaban J connectivity index is 1.70. The molecule has 112 valence electrons. The van der Waals surface area contributed by atoms with E-state index in [1.54, 1.807) is 0 Å². The molecule has 0 spiro atoms. The summed E-state index contributed by atoms with van der Waals surface area (Å²) in [4.78, 5) is 0. The zero-order chi connectivity index (χ0) is 15.0. The molecule has 4 nitrogen and oxygen atoms in total. The fourth-order valence-electron chi connectivity index (χ4n) is 1.46. The Morgan fingerprint density at radius 3 is 1.48 bits per heavy atom. The molecule has 0 amide bonds. The Hall–Kier alpha value is -0.990. The van der Waals surface area contributed by atoms with E-state index >= 15 is 0 Å². The van der Waals surface area contributed by atoms with E-state index < -0.39 is 10.4 Å². The highest BCUT2D eigenvalue weighted by atomic mass is 32.3. The van der Waals surface area contributed by atoms with Gasteiger partial charge in [0, 0.05) is 35.6 Å². The summed E-state index contributed by atoms with van der Waals surface area (Å²) in [5.41, 5.74) is 1.96. The molecule has 0 saturated carbocycles. The topological polar surface area (TPSA) is 52.6 Å². The Morgan fingerprint density at radius 1 is 0.714 bits per heavy atom. The Labute approximate surface area is 133 Å². The van der Waals surface area contributed by atoms with Crippen LogP contribution in [0.5, 0.6) is 0 Å². The fraction of sp³-hybridized carbons (Fsp3) is 0.143. The second-order valence-electron chi connectivity index (χ2n) is 4.04.